The van der Waals surface area contributed by atoms with Crippen molar-refractivity contribution >= 4 is 5.97 Å². The zero-order valence-corrected chi connectivity index (χ0v) is 12.0. The molecule has 1 aliphatic rings. The molecule has 1 saturated heterocycles. The number of nitrogens with two attached hydrogens (primary N) is 1. The largest absolute Gasteiger partial charge is 0.481 e. The van der Waals surface area contributed by atoms with Crippen LogP contribution in [0.2, 0.25) is 0 Å². The van der Waals surface area contributed by atoms with E-state index in [1.807, 2.05) is 31.2 Å². The molecule has 1 aromatic rings. The maximum absolute atomic E-state index is 12.0. The number of carbonyl (C=O) groups is 1. The van der Waals surface area contributed by atoms with Gasteiger partial charge in [-0.1, -0.05) is 24.3 Å². The molecule has 0 bridgehead atoms. The standard InChI is InChI=1S/C16H23NO3/c1-12-4-2-3-5-14(12)16(11-17,15(18)19)10-13-6-8-20-9-7-13/h2-5,13H,6-11,17H2,1H3,(H,18,19). The third kappa shape index (κ3) is 2.86. The number of rotatable bonds is 5. The molecule has 4 heteroatoms. The minimum Gasteiger partial charge on any atom is -0.481 e. The van der Waals surface area contributed by atoms with E-state index in [2.05, 4.69) is 0 Å². The van der Waals surface area contributed by atoms with Gasteiger partial charge < -0.3 is 15.6 Å². The summed E-state index contributed by atoms with van der Waals surface area (Å²) in [6.07, 6.45) is 2.43. The Morgan fingerprint density at radius 3 is 2.60 bits per heavy atom. The highest BCUT2D eigenvalue weighted by atomic mass is 16.5. The highest BCUT2D eigenvalue weighted by Crippen LogP contribution is 2.36. The zero-order chi connectivity index (χ0) is 14.6. The van der Waals surface area contributed by atoms with Crippen molar-refractivity contribution in [3.8, 4) is 0 Å². The predicted octanol–water partition coefficient (Wildman–Crippen LogP) is 2.09. The lowest BCUT2D eigenvalue weighted by molar-refractivity contribution is -0.144. The lowest BCUT2D eigenvalue weighted by Crippen LogP contribution is -2.45. The van der Waals surface area contributed by atoms with Gasteiger partial charge in [0.05, 0.1) is 0 Å². The van der Waals surface area contributed by atoms with Crippen LogP contribution in [-0.2, 0) is 14.9 Å². The quantitative estimate of drug-likeness (QED) is 0.864. The maximum Gasteiger partial charge on any atom is 0.315 e. The summed E-state index contributed by atoms with van der Waals surface area (Å²) in [6.45, 7) is 3.52. The molecule has 3 N–H and O–H groups in total. The van der Waals surface area contributed by atoms with Gasteiger partial charge >= 0.3 is 5.97 Å². The maximum atomic E-state index is 12.0. The van der Waals surface area contributed by atoms with Crippen molar-refractivity contribution in [3.63, 3.8) is 0 Å². The Balaban J connectivity index is 2.34. The fraction of sp³-hybridized carbons (Fsp3) is 0.562. The number of ether oxygens (including phenoxy) is 1. The molecule has 0 amide bonds. The minimum absolute atomic E-state index is 0.130. The average Bonchev–Trinajstić information content (AvgIpc) is 2.46. The van der Waals surface area contributed by atoms with E-state index in [1.165, 1.54) is 0 Å². The number of hydrogen-bond acceptors (Lipinski definition) is 3. The van der Waals surface area contributed by atoms with Crippen LogP contribution in [0.4, 0.5) is 0 Å². The van der Waals surface area contributed by atoms with E-state index < -0.39 is 11.4 Å². The summed E-state index contributed by atoms with van der Waals surface area (Å²) in [7, 11) is 0. The van der Waals surface area contributed by atoms with Crippen LogP contribution >= 0.6 is 0 Å². The molecule has 0 aromatic heterocycles. The van der Waals surface area contributed by atoms with Gasteiger partial charge in [0.1, 0.15) is 5.41 Å². The van der Waals surface area contributed by atoms with E-state index in [4.69, 9.17) is 10.5 Å². The molecule has 1 heterocycles. The van der Waals surface area contributed by atoms with E-state index in [1.54, 1.807) is 0 Å². The summed E-state index contributed by atoms with van der Waals surface area (Å²) < 4.78 is 5.36. The third-order valence-corrected chi connectivity index (χ3v) is 4.40. The Hall–Kier alpha value is -1.39. The molecule has 0 aliphatic carbocycles. The van der Waals surface area contributed by atoms with E-state index in [9.17, 15) is 9.90 Å². The second-order valence-corrected chi connectivity index (χ2v) is 5.67. The van der Waals surface area contributed by atoms with E-state index in [0.29, 0.717) is 12.3 Å². The molecular formula is C16H23NO3. The van der Waals surface area contributed by atoms with Gasteiger partial charge in [0.25, 0.3) is 0 Å². The third-order valence-electron chi connectivity index (χ3n) is 4.40. The second kappa shape index (κ2) is 6.37. The Morgan fingerprint density at radius 1 is 1.40 bits per heavy atom. The molecule has 4 nitrogen and oxygen atoms in total. The average molecular weight is 277 g/mol. The van der Waals surface area contributed by atoms with E-state index >= 15 is 0 Å². The Morgan fingerprint density at radius 2 is 2.05 bits per heavy atom. The van der Waals surface area contributed by atoms with Crippen LogP contribution < -0.4 is 5.73 Å². The molecule has 0 radical (unpaired) electrons. The fourth-order valence-electron chi connectivity index (χ4n) is 3.15. The van der Waals surface area contributed by atoms with Gasteiger partial charge in [-0.15, -0.1) is 0 Å². The molecule has 110 valence electrons. The van der Waals surface area contributed by atoms with Crippen molar-refractivity contribution in [2.75, 3.05) is 19.8 Å². The number of aryl methyl sites for hydroxylation is 1. The SMILES string of the molecule is Cc1ccccc1C(CN)(CC1CCOCC1)C(=O)O. The molecule has 1 unspecified atom stereocenters. The smallest absolute Gasteiger partial charge is 0.315 e. The number of benzene rings is 1. The Labute approximate surface area is 119 Å². The fourth-order valence-corrected chi connectivity index (χ4v) is 3.15. The first-order valence-corrected chi connectivity index (χ1v) is 7.17. The lowest BCUT2D eigenvalue weighted by atomic mass is 9.71. The molecule has 0 spiro atoms. The Bertz CT molecular complexity index is 469. The molecule has 2 rings (SSSR count). The van der Waals surface area contributed by atoms with E-state index in [-0.39, 0.29) is 6.54 Å². The van der Waals surface area contributed by atoms with Crippen molar-refractivity contribution in [2.24, 2.45) is 11.7 Å². The van der Waals surface area contributed by atoms with Crippen LogP contribution in [0.25, 0.3) is 0 Å². The Kier molecular flexibility index (Phi) is 4.78. The van der Waals surface area contributed by atoms with Crippen LogP contribution in [0.5, 0.6) is 0 Å². The summed E-state index contributed by atoms with van der Waals surface area (Å²) in [4.78, 5) is 12.0. The summed E-state index contributed by atoms with van der Waals surface area (Å²) in [5.41, 5.74) is 6.78. The van der Waals surface area contributed by atoms with Gasteiger partial charge in [0, 0.05) is 19.8 Å². The summed E-state index contributed by atoms with van der Waals surface area (Å²) in [5.74, 6) is -0.455. The van der Waals surface area contributed by atoms with Gasteiger partial charge in [-0.25, -0.2) is 0 Å². The van der Waals surface area contributed by atoms with Gasteiger partial charge in [-0.3, -0.25) is 4.79 Å². The van der Waals surface area contributed by atoms with Crippen LogP contribution in [0.3, 0.4) is 0 Å². The van der Waals surface area contributed by atoms with Crippen molar-refractivity contribution in [2.45, 2.75) is 31.6 Å². The predicted molar refractivity (Wildman–Crippen MR) is 77.7 cm³/mol. The number of carboxylic acids is 1. The number of hydrogen-bond donors (Lipinski definition) is 2. The lowest BCUT2D eigenvalue weighted by Gasteiger charge is -2.35. The molecule has 1 aliphatic heterocycles. The van der Waals surface area contributed by atoms with Crippen molar-refractivity contribution in [1.82, 2.24) is 0 Å². The highest BCUT2D eigenvalue weighted by Gasteiger charge is 2.42. The molecule has 1 aromatic carbocycles. The van der Waals surface area contributed by atoms with Crippen molar-refractivity contribution < 1.29 is 14.6 Å². The minimum atomic E-state index is -0.979. The molecule has 0 saturated carbocycles. The van der Waals surface area contributed by atoms with Crippen LogP contribution in [0.1, 0.15) is 30.4 Å². The van der Waals surface area contributed by atoms with Gasteiger partial charge in [0.2, 0.25) is 0 Å². The van der Waals surface area contributed by atoms with Crippen molar-refractivity contribution in [1.29, 1.82) is 0 Å². The van der Waals surface area contributed by atoms with Gasteiger partial charge in [-0.2, -0.15) is 0 Å². The van der Waals surface area contributed by atoms with Gasteiger partial charge in [-0.05, 0) is 43.2 Å². The normalized spacial score (nSPS) is 19.5. The van der Waals surface area contributed by atoms with Crippen LogP contribution in [0, 0.1) is 12.8 Å². The summed E-state index contributed by atoms with van der Waals surface area (Å²) >= 11 is 0. The summed E-state index contributed by atoms with van der Waals surface area (Å²) in [6, 6.07) is 7.67. The first kappa shape index (κ1) is 15.0. The molecule has 1 fully saturated rings. The topological polar surface area (TPSA) is 72.5 Å². The van der Waals surface area contributed by atoms with Crippen LogP contribution in [0.15, 0.2) is 24.3 Å². The number of aliphatic carboxylic acids is 1. The first-order chi connectivity index (χ1) is 9.60. The highest BCUT2D eigenvalue weighted by molar-refractivity contribution is 5.82. The first-order valence-electron chi connectivity index (χ1n) is 7.17. The number of carboxylic acid groups (broad SMARTS) is 1. The molecular weight excluding hydrogens is 254 g/mol. The zero-order valence-electron chi connectivity index (χ0n) is 12.0. The van der Waals surface area contributed by atoms with Crippen molar-refractivity contribution in [3.05, 3.63) is 35.4 Å². The monoisotopic (exact) mass is 277 g/mol. The van der Waals surface area contributed by atoms with Gasteiger partial charge in [0.15, 0.2) is 0 Å². The second-order valence-electron chi connectivity index (χ2n) is 5.67. The van der Waals surface area contributed by atoms with Crippen LogP contribution in [-0.4, -0.2) is 30.8 Å². The summed E-state index contributed by atoms with van der Waals surface area (Å²) in [5, 5.41) is 9.82. The molecule has 1 atom stereocenters. The van der Waals surface area contributed by atoms with E-state index in [0.717, 1.165) is 37.2 Å². The molecule has 20 heavy (non-hydrogen) atoms.